The molecule has 3 amide bonds. The number of nitrogens with one attached hydrogen (secondary N) is 1. The molecule has 5 nitrogen and oxygen atoms in total. The maximum absolute atomic E-state index is 12.8. The molecule has 0 unspecified atom stereocenters. The van der Waals surface area contributed by atoms with E-state index in [1.54, 1.807) is 0 Å². The molecule has 1 spiro atoms. The maximum atomic E-state index is 12.8. The molecule has 3 aliphatic rings. The zero-order chi connectivity index (χ0) is 18.0. The van der Waals surface area contributed by atoms with Crippen molar-refractivity contribution >= 4 is 11.9 Å². The summed E-state index contributed by atoms with van der Waals surface area (Å²) in [6.07, 6.45) is 8.35. The highest BCUT2D eigenvalue weighted by Gasteiger charge is 2.52. The summed E-state index contributed by atoms with van der Waals surface area (Å²) in [6, 6.07) is 10.5. The number of urea groups is 1. The molecular weight excluding hydrogens is 326 g/mol. The smallest absolute Gasteiger partial charge is 0.323 e. The Morgan fingerprint density at radius 2 is 1.73 bits per heavy atom. The fraction of sp³-hybridized carbons (Fsp3) is 0.619. The van der Waals surface area contributed by atoms with Crippen molar-refractivity contribution in [3.05, 3.63) is 35.9 Å². The van der Waals surface area contributed by atoms with Gasteiger partial charge >= 0.3 is 6.03 Å². The SMILES string of the molecule is O=C1NC2(CCCC2)C(=O)N1CN1CCC(CCc2ccccc2)CC1. The van der Waals surface area contributed by atoms with Crippen molar-refractivity contribution in [1.82, 2.24) is 15.1 Å². The van der Waals surface area contributed by atoms with Crippen LogP contribution in [0.15, 0.2) is 30.3 Å². The van der Waals surface area contributed by atoms with Gasteiger partial charge in [-0.3, -0.25) is 9.69 Å². The van der Waals surface area contributed by atoms with Gasteiger partial charge in [-0.15, -0.1) is 0 Å². The first-order valence-corrected chi connectivity index (χ1v) is 10.1. The zero-order valence-corrected chi connectivity index (χ0v) is 15.5. The Balaban J connectivity index is 1.25. The predicted octanol–water partition coefficient (Wildman–Crippen LogP) is 3.15. The zero-order valence-electron chi connectivity index (χ0n) is 15.5. The summed E-state index contributed by atoms with van der Waals surface area (Å²) < 4.78 is 0. The van der Waals surface area contributed by atoms with Gasteiger partial charge in [0.15, 0.2) is 0 Å². The van der Waals surface area contributed by atoms with Gasteiger partial charge in [-0.25, -0.2) is 9.69 Å². The minimum atomic E-state index is -0.578. The number of carbonyl (C=O) groups excluding carboxylic acids is 2. The largest absolute Gasteiger partial charge is 0.326 e. The number of imide groups is 1. The van der Waals surface area contributed by atoms with E-state index >= 15 is 0 Å². The van der Waals surface area contributed by atoms with Crippen LogP contribution in [-0.4, -0.2) is 47.0 Å². The van der Waals surface area contributed by atoms with Crippen LogP contribution in [0.1, 0.15) is 50.5 Å². The Hall–Kier alpha value is -1.88. The Labute approximate surface area is 155 Å². The van der Waals surface area contributed by atoms with Gasteiger partial charge < -0.3 is 5.32 Å². The molecule has 0 aromatic heterocycles. The van der Waals surface area contributed by atoms with Crippen molar-refractivity contribution in [2.24, 2.45) is 5.92 Å². The van der Waals surface area contributed by atoms with Crippen LogP contribution in [0.5, 0.6) is 0 Å². The lowest BCUT2D eigenvalue weighted by Gasteiger charge is -2.34. The Bertz CT molecular complexity index is 646. The van der Waals surface area contributed by atoms with E-state index in [2.05, 4.69) is 40.5 Å². The topological polar surface area (TPSA) is 52.7 Å². The molecule has 26 heavy (non-hydrogen) atoms. The second-order valence-corrected chi connectivity index (χ2v) is 8.18. The van der Waals surface area contributed by atoms with Crippen LogP contribution in [0.2, 0.25) is 0 Å². The Morgan fingerprint density at radius 3 is 2.42 bits per heavy atom. The first kappa shape index (κ1) is 17.5. The van der Waals surface area contributed by atoms with Gasteiger partial charge in [0.2, 0.25) is 0 Å². The summed E-state index contributed by atoms with van der Waals surface area (Å²) in [4.78, 5) is 28.8. The summed E-state index contributed by atoms with van der Waals surface area (Å²) in [5, 5.41) is 2.98. The van der Waals surface area contributed by atoms with Crippen LogP contribution in [0.4, 0.5) is 4.79 Å². The average Bonchev–Trinajstić information content (AvgIpc) is 3.23. The third kappa shape index (κ3) is 3.50. The van der Waals surface area contributed by atoms with Crippen LogP contribution >= 0.6 is 0 Å². The summed E-state index contributed by atoms with van der Waals surface area (Å²) in [5.74, 6) is 0.752. The number of likely N-dealkylation sites (tertiary alicyclic amines) is 1. The minimum absolute atomic E-state index is 0.00574. The molecule has 2 heterocycles. The molecule has 3 fully saturated rings. The standard InChI is InChI=1S/C21H29N3O2/c25-19-21(12-4-5-13-21)22-20(26)24(19)16-23-14-10-18(11-15-23)9-8-17-6-2-1-3-7-17/h1-3,6-7,18H,4-5,8-16H2,(H,22,26). The first-order chi connectivity index (χ1) is 12.7. The molecule has 1 aliphatic carbocycles. The molecular formula is C21H29N3O2. The molecule has 1 aromatic rings. The molecule has 0 radical (unpaired) electrons. The number of benzene rings is 1. The molecule has 140 valence electrons. The van der Waals surface area contributed by atoms with Crippen LogP contribution < -0.4 is 5.32 Å². The number of nitrogens with zero attached hydrogens (tertiary/aromatic N) is 2. The van der Waals surface area contributed by atoms with Gasteiger partial charge in [0.05, 0.1) is 6.67 Å². The highest BCUT2D eigenvalue weighted by Crippen LogP contribution is 2.35. The van der Waals surface area contributed by atoms with E-state index in [0.29, 0.717) is 6.67 Å². The Kier molecular flexibility index (Phi) is 4.98. The van der Waals surface area contributed by atoms with Crippen LogP contribution in [0.25, 0.3) is 0 Å². The lowest BCUT2D eigenvalue weighted by atomic mass is 9.90. The molecule has 1 aromatic carbocycles. The number of rotatable bonds is 5. The summed E-state index contributed by atoms with van der Waals surface area (Å²) in [6.45, 7) is 2.41. The van der Waals surface area contributed by atoms with E-state index < -0.39 is 5.54 Å². The van der Waals surface area contributed by atoms with Gasteiger partial charge in [0.1, 0.15) is 5.54 Å². The fourth-order valence-corrected chi connectivity index (χ4v) is 4.75. The van der Waals surface area contributed by atoms with Gasteiger partial charge in [-0.2, -0.15) is 0 Å². The van der Waals surface area contributed by atoms with E-state index in [1.807, 2.05) is 0 Å². The average molecular weight is 355 g/mol. The monoisotopic (exact) mass is 355 g/mol. The van der Waals surface area contributed by atoms with E-state index in [0.717, 1.165) is 64.0 Å². The number of hydrogen-bond donors (Lipinski definition) is 1. The Morgan fingerprint density at radius 1 is 1.04 bits per heavy atom. The summed E-state index contributed by atoms with van der Waals surface area (Å²) >= 11 is 0. The van der Waals surface area contributed by atoms with E-state index in [1.165, 1.54) is 16.9 Å². The van der Waals surface area contributed by atoms with Crippen molar-refractivity contribution in [3.63, 3.8) is 0 Å². The third-order valence-electron chi connectivity index (χ3n) is 6.44. The van der Waals surface area contributed by atoms with E-state index in [9.17, 15) is 9.59 Å². The molecule has 4 rings (SSSR count). The van der Waals surface area contributed by atoms with Gasteiger partial charge in [-0.05, 0) is 50.0 Å². The minimum Gasteiger partial charge on any atom is -0.323 e. The van der Waals surface area contributed by atoms with Crippen molar-refractivity contribution in [2.45, 2.75) is 56.9 Å². The van der Waals surface area contributed by atoms with Crippen molar-refractivity contribution in [1.29, 1.82) is 0 Å². The lowest BCUT2D eigenvalue weighted by molar-refractivity contribution is -0.132. The van der Waals surface area contributed by atoms with E-state index in [4.69, 9.17) is 0 Å². The number of aryl methyl sites for hydroxylation is 1. The summed E-state index contributed by atoms with van der Waals surface area (Å²) in [5.41, 5.74) is 0.835. The second kappa shape index (κ2) is 7.39. The number of hydrogen-bond acceptors (Lipinski definition) is 3. The molecule has 0 bridgehead atoms. The van der Waals surface area contributed by atoms with Gasteiger partial charge in [0.25, 0.3) is 5.91 Å². The second-order valence-electron chi connectivity index (χ2n) is 8.18. The summed E-state index contributed by atoms with van der Waals surface area (Å²) in [7, 11) is 0. The van der Waals surface area contributed by atoms with Crippen LogP contribution in [0, 0.1) is 5.92 Å². The highest BCUT2D eigenvalue weighted by molar-refractivity contribution is 6.07. The van der Waals surface area contributed by atoms with Crippen LogP contribution in [0.3, 0.4) is 0 Å². The molecule has 1 N–H and O–H groups in total. The third-order valence-corrected chi connectivity index (χ3v) is 6.44. The fourth-order valence-electron chi connectivity index (χ4n) is 4.75. The van der Waals surface area contributed by atoms with Crippen molar-refractivity contribution < 1.29 is 9.59 Å². The molecule has 5 heteroatoms. The van der Waals surface area contributed by atoms with Crippen molar-refractivity contribution in [2.75, 3.05) is 19.8 Å². The van der Waals surface area contributed by atoms with Gasteiger partial charge in [-0.1, -0.05) is 43.2 Å². The molecule has 0 atom stereocenters. The normalized spacial score (nSPS) is 23.8. The quantitative estimate of drug-likeness (QED) is 0.826. The first-order valence-electron chi connectivity index (χ1n) is 10.1. The van der Waals surface area contributed by atoms with Crippen LogP contribution in [-0.2, 0) is 11.2 Å². The number of carbonyl (C=O) groups is 2. The highest BCUT2D eigenvalue weighted by atomic mass is 16.2. The number of amides is 3. The molecule has 1 saturated carbocycles. The maximum Gasteiger partial charge on any atom is 0.326 e. The van der Waals surface area contributed by atoms with E-state index in [-0.39, 0.29) is 11.9 Å². The predicted molar refractivity (Wildman–Crippen MR) is 101 cm³/mol. The lowest BCUT2D eigenvalue weighted by Crippen LogP contribution is -2.47. The van der Waals surface area contributed by atoms with Gasteiger partial charge in [0, 0.05) is 13.1 Å². The molecule has 2 saturated heterocycles. The number of piperidine rings is 1. The van der Waals surface area contributed by atoms with Crippen molar-refractivity contribution in [3.8, 4) is 0 Å². The molecule has 2 aliphatic heterocycles.